The molecule has 3 heteroatoms. The molecule has 0 bridgehead atoms. The third kappa shape index (κ3) is 1.25. The van der Waals surface area contributed by atoms with E-state index in [0.717, 1.165) is 19.3 Å². The average molecular weight is 146 g/mol. The molecule has 1 fully saturated rings. The first-order valence-electron chi connectivity index (χ1n) is 3.12. The van der Waals surface area contributed by atoms with E-state index in [4.69, 9.17) is 4.89 Å². The molecule has 1 aliphatic rings. The molecule has 52 valence electrons. The van der Waals surface area contributed by atoms with Crippen molar-refractivity contribution in [2.45, 2.75) is 24.9 Å². The molecular weight excluding hydrogens is 135 g/mol. The largest absolute Gasteiger partial charge is 0.341 e. The molecule has 0 heterocycles. The molecule has 0 radical (unpaired) electrons. The van der Waals surface area contributed by atoms with Crippen molar-refractivity contribution in [2.75, 3.05) is 0 Å². The lowest BCUT2D eigenvalue weighted by molar-refractivity contribution is 0.418. The first kappa shape index (κ1) is 7.04. The Hall–Kier alpha value is -0.0700. The summed E-state index contributed by atoms with van der Waals surface area (Å²) in [6, 6.07) is 0. The van der Waals surface area contributed by atoms with Gasteiger partial charge in [0.1, 0.15) is 0 Å². The molecule has 1 aliphatic carbocycles. The van der Waals surface area contributed by atoms with Crippen LogP contribution in [-0.2, 0) is 4.57 Å². The SMILES string of the molecule is C=CP(=O)(O)C1CCC1. The normalized spacial score (nSPS) is 26.3. The first-order chi connectivity index (χ1) is 4.17. The molecule has 1 atom stereocenters. The first-order valence-corrected chi connectivity index (χ1v) is 4.92. The van der Waals surface area contributed by atoms with Gasteiger partial charge in [0.25, 0.3) is 0 Å². The van der Waals surface area contributed by atoms with Crippen molar-refractivity contribution in [1.82, 2.24) is 0 Å². The fourth-order valence-corrected chi connectivity index (χ4v) is 2.31. The Morgan fingerprint density at radius 3 is 2.33 bits per heavy atom. The molecule has 0 spiro atoms. The standard InChI is InChI=1S/C6H11O2P/c1-2-9(7,8)6-4-3-5-6/h2,6H,1,3-5H2,(H,7,8). The van der Waals surface area contributed by atoms with Crippen LogP contribution in [0, 0.1) is 0 Å². The average Bonchev–Trinajstić information content (AvgIpc) is 1.60. The monoisotopic (exact) mass is 146 g/mol. The van der Waals surface area contributed by atoms with Gasteiger partial charge in [0.2, 0.25) is 7.37 Å². The summed E-state index contributed by atoms with van der Waals surface area (Å²) in [5.74, 6) is 1.21. The Balaban J connectivity index is 2.58. The molecule has 2 nitrogen and oxygen atoms in total. The van der Waals surface area contributed by atoms with E-state index in [0.29, 0.717) is 0 Å². The third-order valence-corrected chi connectivity index (χ3v) is 3.95. The van der Waals surface area contributed by atoms with Crippen LogP contribution in [0.15, 0.2) is 12.4 Å². The molecule has 1 rings (SSSR count). The van der Waals surface area contributed by atoms with Gasteiger partial charge in [-0.3, -0.25) is 4.57 Å². The Labute approximate surface area is 55.0 Å². The van der Waals surface area contributed by atoms with Gasteiger partial charge in [-0.25, -0.2) is 0 Å². The minimum absolute atomic E-state index is 0.0370. The summed E-state index contributed by atoms with van der Waals surface area (Å²) in [6.45, 7) is 3.32. The second kappa shape index (κ2) is 2.28. The van der Waals surface area contributed by atoms with Crippen molar-refractivity contribution in [2.24, 2.45) is 0 Å². The zero-order valence-electron chi connectivity index (χ0n) is 5.29. The van der Waals surface area contributed by atoms with E-state index in [2.05, 4.69) is 6.58 Å². The van der Waals surface area contributed by atoms with Crippen LogP contribution < -0.4 is 0 Å². The highest BCUT2D eigenvalue weighted by atomic mass is 31.2. The predicted molar refractivity (Wildman–Crippen MR) is 37.7 cm³/mol. The van der Waals surface area contributed by atoms with Crippen molar-refractivity contribution in [3.05, 3.63) is 12.4 Å². The number of rotatable bonds is 2. The van der Waals surface area contributed by atoms with Gasteiger partial charge in [0.15, 0.2) is 0 Å². The van der Waals surface area contributed by atoms with Crippen LogP contribution in [0.1, 0.15) is 19.3 Å². The van der Waals surface area contributed by atoms with E-state index >= 15 is 0 Å². The number of hydrogen-bond donors (Lipinski definition) is 1. The van der Waals surface area contributed by atoms with Gasteiger partial charge in [0, 0.05) is 5.66 Å². The van der Waals surface area contributed by atoms with Gasteiger partial charge in [-0.15, -0.1) is 0 Å². The lowest BCUT2D eigenvalue weighted by atomic mass is 10.00. The summed E-state index contributed by atoms with van der Waals surface area (Å²) in [4.78, 5) is 9.08. The van der Waals surface area contributed by atoms with Gasteiger partial charge in [-0.1, -0.05) is 13.0 Å². The summed E-state index contributed by atoms with van der Waals surface area (Å²) >= 11 is 0. The van der Waals surface area contributed by atoms with Crippen LogP contribution in [0.3, 0.4) is 0 Å². The molecule has 0 aromatic heterocycles. The minimum atomic E-state index is -2.91. The second-order valence-electron chi connectivity index (χ2n) is 2.44. The van der Waals surface area contributed by atoms with Gasteiger partial charge in [0.05, 0.1) is 0 Å². The molecule has 1 N–H and O–H groups in total. The summed E-state index contributed by atoms with van der Waals surface area (Å²) in [7, 11) is -2.91. The van der Waals surface area contributed by atoms with Gasteiger partial charge in [-0.2, -0.15) is 0 Å². The summed E-state index contributed by atoms with van der Waals surface area (Å²) in [6.07, 6.45) is 2.91. The quantitative estimate of drug-likeness (QED) is 0.604. The highest BCUT2D eigenvalue weighted by Gasteiger charge is 2.32. The molecule has 9 heavy (non-hydrogen) atoms. The van der Waals surface area contributed by atoms with Crippen LogP contribution in [-0.4, -0.2) is 10.6 Å². The Morgan fingerprint density at radius 2 is 2.22 bits per heavy atom. The smallest absolute Gasteiger partial charge is 0.225 e. The summed E-state index contributed by atoms with van der Waals surface area (Å²) in [5, 5.41) is 0. The van der Waals surface area contributed by atoms with Crippen molar-refractivity contribution >= 4 is 7.37 Å². The fraction of sp³-hybridized carbons (Fsp3) is 0.667. The zero-order chi connectivity index (χ0) is 6.91. The van der Waals surface area contributed by atoms with Crippen molar-refractivity contribution < 1.29 is 9.46 Å². The van der Waals surface area contributed by atoms with E-state index in [-0.39, 0.29) is 5.66 Å². The summed E-state index contributed by atoms with van der Waals surface area (Å²) in [5.41, 5.74) is 0.0370. The molecule has 0 amide bonds. The zero-order valence-corrected chi connectivity index (χ0v) is 6.18. The highest BCUT2D eigenvalue weighted by molar-refractivity contribution is 7.62. The maximum atomic E-state index is 11.0. The molecular formula is C6H11O2P. The van der Waals surface area contributed by atoms with E-state index in [9.17, 15) is 4.57 Å². The highest BCUT2D eigenvalue weighted by Crippen LogP contribution is 2.55. The lowest BCUT2D eigenvalue weighted by Gasteiger charge is -2.27. The summed E-state index contributed by atoms with van der Waals surface area (Å²) < 4.78 is 11.0. The topological polar surface area (TPSA) is 37.3 Å². The van der Waals surface area contributed by atoms with Gasteiger partial charge < -0.3 is 4.89 Å². The van der Waals surface area contributed by atoms with Crippen LogP contribution in [0.2, 0.25) is 0 Å². The van der Waals surface area contributed by atoms with E-state index in [1.165, 1.54) is 5.82 Å². The lowest BCUT2D eigenvalue weighted by Crippen LogP contribution is -2.16. The van der Waals surface area contributed by atoms with Crippen molar-refractivity contribution in [3.63, 3.8) is 0 Å². The molecule has 0 aliphatic heterocycles. The Morgan fingerprint density at radius 1 is 1.67 bits per heavy atom. The van der Waals surface area contributed by atoms with E-state index < -0.39 is 7.37 Å². The van der Waals surface area contributed by atoms with Gasteiger partial charge in [-0.05, 0) is 18.7 Å². The van der Waals surface area contributed by atoms with Crippen LogP contribution >= 0.6 is 7.37 Å². The maximum Gasteiger partial charge on any atom is 0.225 e. The molecule has 0 aromatic carbocycles. The number of hydrogen-bond acceptors (Lipinski definition) is 1. The van der Waals surface area contributed by atoms with E-state index in [1.807, 2.05) is 0 Å². The van der Waals surface area contributed by atoms with Crippen LogP contribution in [0.25, 0.3) is 0 Å². The second-order valence-corrected chi connectivity index (χ2v) is 4.88. The van der Waals surface area contributed by atoms with Crippen LogP contribution in [0.4, 0.5) is 0 Å². The fourth-order valence-electron chi connectivity index (χ4n) is 0.906. The predicted octanol–water partition coefficient (Wildman–Crippen LogP) is 1.95. The Kier molecular flexibility index (Phi) is 1.78. The molecule has 0 saturated heterocycles. The van der Waals surface area contributed by atoms with E-state index in [1.54, 1.807) is 0 Å². The van der Waals surface area contributed by atoms with Gasteiger partial charge >= 0.3 is 0 Å². The molecule has 1 unspecified atom stereocenters. The Bertz CT molecular complexity index is 160. The molecule has 1 saturated carbocycles. The minimum Gasteiger partial charge on any atom is -0.341 e. The molecule has 0 aromatic rings. The maximum absolute atomic E-state index is 11.0. The van der Waals surface area contributed by atoms with Crippen molar-refractivity contribution in [1.29, 1.82) is 0 Å². The third-order valence-electron chi connectivity index (χ3n) is 1.86. The van der Waals surface area contributed by atoms with Crippen molar-refractivity contribution in [3.8, 4) is 0 Å². The van der Waals surface area contributed by atoms with Crippen LogP contribution in [0.5, 0.6) is 0 Å².